The topological polar surface area (TPSA) is 57.0 Å². The quantitative estimate of drug-likeness (QED) is 0.125. The monoisotopic (exact) mass is 509 g/mol. The third-order valence-corrected chi connectivity index (χ3v) is 6.45. The van der Waals surface area contributed by atoms with Crippen molar-refractivity contribution in [2.24, 2.45) is 0 Å². The molecule has 5 aromatic rings. The molecular weight excluding hydrogens is 486 g/mol. The van der Waals surface area contributed by atoms with Crippen LogP contribution < -0.4 is 9.47 Å². The lowest BCUT2D eigenvalue weighted by Crippen LogP contribution is -2.09. The molecule has 0 aliphatic carbocycles. The number of hydrogen-bond donors (Lipinski definition) is 0. The van der Waals surface area contributed by atoms with Gasteiger partial charge in [0, 0.05) is 12.6 Å². The van der Waals surface area contributed by atoms with Crippen molar-refractivity contribution in [1.82, 2.24) is 4.40 Å². The molecule has 0 fully saturated rings. The van der Waals surface area contributed by atoms with E-state index >= 15 is 0 Å². The highest BCUT2D eigenvalue weighted by Crippen LogP contribution is 2.39. The summed E-state index contributed by atoms with van der Waals surface area (Å²) in [5, 5.41) is -1.08. The van der Waals surface area contributed by atoms with Gasteiger partial charge >= 0.3 is 0 Å². The summed E-state index contributed by atoms with van der Waals surface area (Å²) in [6, 6.07) is 31.5. The molecule has 0 radical (unpaired) electrons. The second-order valence-corrected chi connectivity index (χ2v) is 8.87. The number of Topliss-reactive ketones (excluding diaryl/α,β-unsaturated/α-hetero) is 1. The molecular formula is C31H24ClNO4. The number of carbonyl (C=O) groups excluding carboxylic acids is 2. The molecule has 0 saturated carbocycles. The summed E-state index contributed by atoms with van der Waals surface area (Å²) in [7, 11) is 1.49. The molecule has 6 heteroatoms. The van der Waals surface area contributed by atoms with Gasteiger partial charge in [0.2, 0.25) is 0 Å². The predicted molar refractivity (Wildman–Crippen MR) is 145 cm³/mol. The molecule has 0 amide bonds. The predicted octanol–water partition coefficient (Wildman–Crippen LogP) is 6.73. The van der Waals surface area contributed by atoms with Crippen molar-refractivity contribution in [3.05, 3.63) is 126 Å². The van der Waals surface area contributed by atoms with Crippen molar-refractivity contribution >= 4 is 28.1 Å². The first-order valence-corrected chi connectivity index (χ1v) is 12.2. The molecule has 0 aliphatic rings. The normalized spacial score (nSPS) is 10.9. The number of nitrogens with zero attached hydrogens (tertiary/aromatic N) is 1. The van der Waals surface area contributed by atoms with Crippen LogP contribution in [0.3, 0.4) is 0 Å². The number of aromatic nitrogens is 1. The van der Waals surface area contributed by atoms with Crippen LogP contribution in [0.5, 0.6) is 11.5 Å². The van der Waals surface area contributed by atoms with E-state index in [1.807, 2.05) is 83.4 Å². The molecule has 184 valence electrons. The minimum atomic E-state index is -1.08. The van der Waals surface area contributed by atoms with E-state index in [2.05, 4.69) is 18.2 Å². The van der Waals surface area contributed by atoms with Gasteiger partial charge < -0.3 is 13.9 Å². The van der Waals surface area contributed by atoms with Gasteiger partial charge in [-0.25, -0.2) is 0 Å². The highest BCUT2D eigenvalue weighted by atomic mass is 35.5. The molecule has 37 heavy (non-hydrogen) atoms. The number of ketones is 1. The zero-order valence-electron chi connectivity index (χ0n) is 20.2. The van der Waals surface area contributed by atoms with Gasteiger partial charge in [-0.2, -0.15) is 0 Å². The fourth-order valence-corrected chi connectivity index (χ4v) is 4.71. The molecule has 0 atom stereocenters. The maximum absolute atomic E-state index is 13.1. The zero-order valence-corrected chi connectivity index (χ0v) is 20.9. The maximum Gasteiger partial charge on any atom is 0.293 e. The Morgan fingerprint density at radius 2 is 1.51 bits per heavy atom. The van der Waals surface area contributed by atoms with E-state index in [-0.39, 0.29) is 5.56 Å². The first-order chi connectivity index (χ1) is 18.1. The highest BCUT2D eigenvalue weighted by molar-refractivity contribution is 6.83. The Labute approximate surface area is 219 Å². The summed E-state index contributed by atoms with van der Waals surface area (Å²) in [6.45, 7) is 0.294. The Bertz CT molecular complexity index is 1580. The zero-order chi connectivity index (χ0) is 25.8. The van der Waals surface area contributed by atoms with Crippen molar-refractivity contribution in [3.63, 3.8) is 0 Å². The second kappa shape index (κ2) is 10.7. The van der Waals surface area contributed by atoms with E-state index < -0.39 is 11.0 Å². The summed E-state index contributed by atoms with van der Waals surface area (Å²) in [5.74, 6) is -0.0829. The van der Waals surface area contributed by atoms with Crippen molar-refractivity contribution < 1.29 is 19.1 Å². The van der Waals surface area contributed by atoms with Crippen LogP contribution in [0.4, 0.5) is 0 Å². The van der Waals surface area contributed by atoms with Crippen LogP contribution >= 0.6 is 11.6 Å². The fraction of sp³-hybridized carbons (Fsp3) is 0.0968. The number of carbonyl (C=O) groups is 2. The number of halogens is 1. The van der Waals surface area contributed by atoms with E-state index in [9.17, 15) is 9.59 Å². The van der Waals surface area contributed by atoms with Crippen LogP contribution in [0.15, 0.2) is 103 Å². The number of hydrogen-bond acceptors (Lipinski definition) is 4. The molecule has 2 heterocycles. The SMILES string of the molecule is COc1c(C(=O)C(=O)Cl)c2c(OCc3ccccc3)cccn2c1Cc1ccccc1-c1ccccc1. The van der Waals surface area contributed by atoms with Gasteiger partial charge in [-0.15, -0.1) is 0 Å². The van der Waals surface area contributed by atoms with Gasteiger partial charge in [0.15, 0.2) is 5.75 Å². The summed E-state index contributed by atoms with van der Waals surface area (Å²) in [6.07, 6.45) is 2.28. The van der Waals surface area contributed by atoms with Crippen LogP contribution in [0.2, 0.25) is 0 Å². The molecule has 0 saturated heterocycles. The number of benzene rings is 3. The smallest absolute Gasteiger partial charge is 0.293 e. The lowest BCUT2D eigenvalue weighted by molar-refractivity contribution is -0.108. The van der Waals surface area contributed by atoms with Gasteiger partial charge in [-0.3, -0.25) is 9.59 Å². The third-order valence-electron chi connectivity index (χ3n) is 6.28. The van der Waals surface area contributed by atoms with Crippen LogP contribution in [-0.2, 0) is 17.8 Å². The molecule has 5 rings (SSSR count). The van der Waals surface area contributed by atoms with Crippen LogP contribution in [0.1, 0.15) is 27.2 Å². The Kier molecular flexibility index (Phi) is 7.06. The minimum absolute atomic E-state index is 0.0957. The molecule has 0 aliphatic heterocycles. The molecule has 0 unspecified atom stereocenters. The second-order valence-electron chi connectivity index (χ2n) is 8.52. The summed E-state index contributed by atoms with van der Waals surface area (Å²) in [5.41, 5.74) is 5.42. The summed E-state index contributed by atoms with van der Waals surface area (Å²) < 4.78 is 13.8. The third kappa shape index (κ3) is 4.86. The van der Waals surface area contributed by atoms with E-state index in [0.29, 0.717) is 35.7 Å². The van der Waals surface area contributed by atoms with Crippen molar-refractivity contribution in [2.45, 2.75) is 13.0 Å². The van der Waals surface area contributed by atoms with Gasteiger partial charge in [0.25, 0.3) is 11.0 Å². The Hall–Kier alpha value is -4.35. The lowest BCUT2D eigenvalue weighted by Gasteiger charge is -2.12. The first kappa shape index (κ1) is 24.3. The average Bonchev–Trinajstić information content (AvgIpc) is 3.26. The Morgan fingerprint density at radius 3 is 2.22 bits per heavy atom. The van der Waals surface area contributed by atoms with Crippen molar-refractivity contribution in [2.75, 3.05) is 7.11 Å². The van der Waals surface area contributed by atoms with Crippen LogP contribution in [0, 0.1) is 0 Å². The Morgan fingerprint density at radius 1 is 0.838 bits per heavy atom. The van der Waals surface area contributed by atoms with Crippen molar-refractivity contribution in [3.8, 4) is 22.6 Å². The molecule has 5 nitrogen and oxygen atoms in total. The van der Waals surface area contributed by atoms with E-state index in [1.165, 1.54) is 7.11 Å². The lowest BCUT2D eigenvalue weighted by atomic mass is 9.96. The number of pyridine rings is 1. The van der Waals surface area contributed by atoms with Gasteiger partial charge in [-0.1, -0.05) is 84.9 Å². The van der Waals surface area contributed by atoms with Gasteiger partial charge in [-0.05, 0) is 46.0 Å². The fourth-order valence-electron chi connectivity index (χ4n) is 4.62. The molecule has 3 aromatic carbocycles. The highest BCUT2D eigenvalue weighted by Gasteiger charge is 2.30. The summed E-state index contributed by atoms with van der Waals surface area (Å²) >= 11 is 5.70. The van der Waals surface area contributed by atoms with E-state index in [4.69, 9.17) is 21.1 Å². The van der Waals surface area contributed by atoms with Gasteiger partial charge in [0.05, 0.1) is 18.4 Å². The van der Waals surface area contributed by atoms with E-state index in [0.717, 1.165) is 22.3 Å². The number of methoxy groups -OCH3 is 1. The Balaban J connectivity index is 1.67. The maximum atomic E-state index is 13.1. The van der Waals surface area contributed by atoms with Gasteiger partial charge in [0.1, 0.15) is 17.9 Å². The standard InChI is InChI=1S/C31H24ClNO4/c1-36-30-25(19-23-15-8-9-16-24(23)22-13-6-3-7-14-22)33-18-10-17-26(28(33)27(30)29(34)31(32)35)37-20-21-11-4-2-5-12-21/h2-18H,19-20H2,1H3. The number of ether oxygens (including phenoxy) is 2. The minimum Gasteiger partial charge on any atom is -0.494 e. The van der Waals surface area contributed by atoms with Crippen LogP contribution in [0.25, 0.3) is 16.6 Å². The van der Waals surface area contributed by atoms with E-state index in [1.54, 1.807) is 6.07 Å². The van der Waals surface area contributed by atoms with Crippen molar-refractivity contribution in [1.29, 1.82) is 0 Å². The number of fused-ring (bicyclic) bond motifs is 1. The average molecular weight is 510 g/mol. The molecule has 0 N–H and O–H groups in total. The van der Waals surface area contributed by atoms with Crippen LogP contribution in [-0.4, -0.2) is 22.5 Å². The first-order valence-electron chi connectivity index (χ1n) is 11.8. The molecule has 0 bridgehead atoms. The molecule has 2 aromatic heterocycles. The summed E-state index contributed by atoms with van der Waals surface area (Å²) in [4.78, 5) is 25.2. The molecule has 0 spiro atoms. The number of rotatable bonds is 9. The largest absolute Gasteiger partial charge is 0.494 e.